The van der Waals surface area contributed by atoms with Crippen molar-refractivity contribution in [3.05, 3.63) is 46.3 Å². The van der Waals surface area contributed by atoms with Crippen LogP contribution in [0.25, 0.3) is 22.2 Å². The van der Waals surface area contributed by atoms with Gasteiger partial charge in [-0.3, -0.25) is 0 Å². The lowest BCUT2D eigenvalue weighted by atomic mass is 10.1. The number of hydrogen-bond acceptors (Lipinski definition) is 4. The molecule has 3 nitrogen and oxygen atoms in total. The summed E-state index contributed by atoms with van der Waals surface area (Å²) in [6.45, 7) is 1.97. The highest BCUT2D eigenvalue weighted by Gasteiger charge is 2.12. The first-order valence-corrected chi connectivity index (χ1v) is 6.64. The van der Waals surface area contributed by atoms with Crippen LogP contribution in [0.1, 0.15) is 5.56 Å². The molecule has 5 heteroatoms. The van der Waals surface area contributed by atoms with E-state index in [2.05, 4.69) is 10.1 Å². The molecular weight excluding hydrogens is 268 g/mol. The van der Waals surface area contributed by atoms with Crippen molar-refractivity contribution in [1.82, 2.24) is 10.1 Å². The number of rotatable bonds is 2. The van der Waals surface area contributed by atoms with Gasteiger partial charge >= 0.3 is 0 Å². The Labute approximate surface area is 113 Å². The first-order valence-electron chi connectivity index (χ1n) is 5.38. The molecule has 3 aromatic rings. The lowest BCUT2D eigenvalue weighted by molar-refractivity contribution is 0.433. The number of thiophene rings is 1. The van der Waals surface area contributed by atoms with Crippen molar-refractivity contribution < 1.29 is 4.52 Å². The molecule has 0 radical (unpaired) electrons. The minimum Gasteiger partial charge on any atom is -0.333 e. The fourth-order valence-electron chi connectivity index (χ4n) is 1.71. The predicted octanol–water partition coefficient (Wildman–Crippen LogP) is 4.43. The summed E-state index contributed by atoms with van der Waals surface area (Å²) in [5.74, 6) is 1.14. The highest BCUT2D eigenvalue weighted by molar-refractivity contribution is 7.13. The van der Waals surface area contributed by atoms with E-state index < -0.39 is 0 Å². The molecule has 0 amide bonds. The van der Waals surface area contributed by atoms with Gasteiger partial charge in [0.15, 0.2) is 0 Å². The molecule has 0 saturated carbocycles. The molecule has 2 aromatic heterocycles. The summed E-state index contributed by atoms with van der Waals surface area (Å²) in [5.41, 5.74) is 1.96. The number of aromatic nitrogens is 2. The minimum absolute atomic E-state index is 0.550. The Morgan fingerprint density at radius 1 is 1.28 bits per heavy atom. The lowest BCUT2D eigenvalue weighted by Gasteiger charge is -2.00. The summed E-state index contributed by atoms with van der Waals surface area (Å²) in [4.78, 5) is 5.38. The van der Waals surface area contributed by atoms with Crippen molar-refractivity contribution in [3.8, 4) is 22.2 Å². The van der Waals surface area contributed by atoms with Gasteiger partial charge in [0, 0.05) is 10.6 Å². The SMILES string of the molecule is Cc1cc(Cl)ccc1-c1noc(-c2cccs2)n1. The molecule has 2 heterocycles. The van der Waals surface area contributed by atoms with Gasteiger partial charge in [0.1, 0.15) is 0 Å². The molecule has 0 fully saturated rings. The second-order valence-corrected chi connectivity index (χ2v) is 5.24. The fraction of sp³-hybridized carbons (Fsp3) is 0.0769. The molecule has 0 atom stereocenters. The van der Waals surface area contributed by atoms with Crippen LogP contribution in [-0.2, 0) is 0 Å². The Morgan fingerprint density at radius 3 is 2.89 bits per heavy atom. The molecular formula is C13H9ClN2OS. The monoisotopic (exact) mass is 276 g/mol. The second-order valence-electron chi connectivity index (χ2n) is 3.86. The maximum absolute atomic E-state index is 5.93. The van der Waals surface area contributed by atoms with Crippen LogP contribution in [-0.4, -0.2) is 10.1 Å². The van der Waals surface area contributed by atoms with Crippen LogP contribution in [0, 0.1) is 6.92 Å². The maximum Gasteiger partial charge on any atom is 0.268 e. The van der Waals surface area contributed by atoms with Gasteiger partial charge < -0.3 is 4.52 Å². The number of aryl methyl sites for hydroxylation is 1. The molecule has 0 aliphatic carbocycles. The zero-order valence-electron chi connectivity index (χ0n) is 9.55. The van der Waals surface area contributed by atoms with Crippen LogP contribution in [0.4, 0.5) is 0 Å². The Hall–Kier alpha value is -1.65. The van der Waals surface area contributed by atoms with E-state index in [1.165, 1.54) is 0 Å². The van der Waals surface area contributed by atoms with Gasteiger partial charge in [0.05, 0.1) is 4.88 Å². The standard InChI is InChI=1S/C13H9ClN2OS/c1-8-7-9(14)4-5-10(8)12-15-13(17-16-12)11-3-2-6-18-11/h2-7H,1H3. The van der Waals surface area contributed by atoms with E-state index in [9.17, 15) is 0 Å². The van der Waals surface area contributed by atoms with E-state index in [0.29, 0.717) is 16.7 Å². The van der Waals surface area contributed by atoms with E-state index in [4.69, 9.17) is 16.1 Å². The second kappa shape index (κ2) is 4.55. The van der Waals surface area contributed by atoms with Crippen LogP contribution < -0.4 is 0 Å². The molecule has 0 aliphatic heterocycles. The topological polar surface area (TPSA) is 38.9 Å². The average Bonchev–Trinajstić information content (AvgIpc) is 2.99. The van der Waals surface area contributed by atoms with E-state index in [1.807, 2.05) is 42.6 Å². The van der Waals surface area contributed by atoms with Gasteiger partial charge in [0.2, 0.25) is 5.82 Å². The molecule has 0 unspecified atom stereocenters. The summed E-state index contributed by atoms with van der Waals surface area (Å²) in [5, 5.41) is 6.70. The largest absolute Gasteiger partial charge is 0.333 e. The minimum atomic E-state index is 0.550. The molecule has 0 bridgehead atoms. The van der Waals surface area contributed by atoms with E-state index in [1.54, 1.807) is 11.3 Å². The first kappa shape index (κ1) is 11.4. The summed E-state index contributed by atoms with van der Waals surface area (Å²) >= 11 is 7.50. The van der Waals surface area contributed by atoms with Gasteiger partial charge in [0.25, 0.3) is 5.89 Å². The third-order valence-electron chi connectivity index (χ3n) is 2.59. The zero-order valence-corrected chi connectivity index (χ0v) is 11.1. The van der Waals surface area contributed by atoms with Crippen LogP contribution in [0.15, 0.2) is 40.2 Å². The van der Waals surface area contributed by atoms with Crippen molar-refractivity contribution in [1.29, 1.82) is 0 Å². The molecule has 0 saturated heterocycles. The Morgan fingerprint density at radius 2 is 2.17 bits per heavy atom. The molecule has 0 spiro atoms. The van der Waals surface area contributed by atoms with Crippen LogP contribution in [0.2, 0.25) is 5.02 Å². The highest BCUT2D eigenvalue weighted by atomic mass is 35.5. The van der Waals surface area contributed by atoms with Gasteiger partial charge in [-0.1, -0.05) is 22.8 Å². The number of benzene rings is 1. The van der Waals surface area contributed by atoms with Crippen molar-refractivity contribution in [2.45, 2.75) is 6.92 Å². The van der Waals surface area contributed by atoms with Crippen molar-refractivity contribution in [2.75, 3.05) is 0 Å². The molecule has 3 rings (SSSR count). The quantitative estimate of drug-likeness (QED) is 0.695. The Bertz CT molecular complexity index is 676. The van der Waals surface area contributed by atoms with E-state index in [-0.39, 0.29) is 0 Å². The van der Waals surface area contributed by atoms with Gasteiger partial charge in [-0.05, 0) is 42.1 Å². The first-order chi connectivity index (χ1) is 8.74. The predicted molar refractivity (Wildman–Crippen MR) is 72.8 cm³/mol. The van der Waals surface area contributed by atoms with Crippen LogP contribution >= 0.6 is 22.9 Å². The van der Waals surface area contributed by atoms with Gasteiger partial charge in [-0.15, -0.1) is 11.3 Å². The molecule has 90 valence electrons. The third kappa shape index (κ3) is 2.05. The number of nitrogens with zero attached hydrogens (tertiary/aromatic N) is 2. The Balaban J connectivity index is 2.03. The van der Waals surface area contributed by atoms with Gasteiger partial charge in [-0.25, -0.2) is 0 Å². The third-order valence-corrected chi connectivity index (χ3v) is 3.68. The molecule has 0 aliphatic rings. The fourth-order valence-corrected chi connectivity index (χ4v) is 2.58. The molecule has 0 N–H and O–H groups in total. The van der Waals surface area contributed by atoms with Crippen LogP contribution in [0.5, 0.6) is 0 Å². The number of halogens is 1. The average molecular weight is 277 g/mol. The maximum atomic E-state index is 5.93. The van der Waals surface area contributed by atoms with E-state index in [0.717, 1.165) is 16.0 Å². The summed E-state index contributed by atoms with van der Waals surface area (Å²) in [6.07, 6.45) is 0. The summed E-state index contributed by atoms with van der Waals surface area (Å²) in [7, 11) is 0. The lowest BCUT2D eigenvalue weighted by Crippen LogP contribution is -1.85. The van der Waals surface area contributed by atoms with E-state index >= 15 is 0 Å². The normalized spacial score (nSPS) is 10.8. The zero-order chi connectivity index (χ0) is 12.5. The summed E-state index contributed by atoms with van der Waals surface area (Å²) in [6, 6.07) is 9.53. The summed E-state index contributed by atoms with van der Waals surface area (Å²) < 4.78 is 5.26. The number of hydrogen-bond donors (Lipinski definition) is 0. The highest BCUT2D eigenvalue weighted by Crippen LogP contribution is 2.28. The van der Waals surface area contributed by atoms with Crippen molar-refractivity contribution in [2.24, 2.45) is 0 Å². The van der Waals surface area contributed by atoms with Crippen LogP contribution in [0.3, 0.4) is 0 Å². The molecule has 1 aromatic carbocycles. The van der Waals surface area contributed by atoms with Crippen molar-refractivity contribution in [3.63, 3.8) is 0 Å². The van der Waals surface area contributed by atoms with Gasteiger partial charge in [-0.2, -0.15) is 4.98 Å². The van der Waals surface area contributed by atoms with Crippen molar-refractivity contribution >= 4 is 22.9 Å². The Kier molecular flexibility index (Phi) is 2.89. The smallest absolute Gasteiger partial charge is 0.268 e. The molecule has 18 heavy (non-hydrogen) atoms.